The number of carbonyl (C=O) groups excluding carboxylic acids is 1. The minimum atomic E-state index is -0.107. The lowest BCUT2D eigenvalue weighted by Gasteiger charge is -2.22. The molecule has 2 aromatic rings. The van der Waals surface area contributed by atoms with Crippen LogP contribution in [0.5, 0.6) is 0 Å². The van der Waals surface area contributed by atoms with E-state index in [-0.39, 0.29) is 11.9 Å². The van der Waals surface area contributed by atoms with E-state index in [1.165, 1.54) is 11.3 Å². The van der Waals surface area contributed by atoms with E-state index in [1.807, 2.05) is 18.2 Å². The van der Waals surface area contributed by atoms with E-state index in [0.29, 0.717) is 34.8 Å². The lowest BCUT2D eigenvalue weighted by Crippen LogP contribution is -2.43. The first-order valence-corrected chi connectivity index (χ1v) is 8.11. The van der Waals surface area contributed by atoms with Crippen molar-refractivity contribution in [1.82, 2.24) is 15.5 Å². The standard InChI is InChI=1S/C14H15ClN4O2S/c15-11-4-2-1-3-10(11)13-18-19-14(22-13)17-12(20)7-9-8-21-6-5-16-9/h1-4,9,16H,5-8H2,(H,17,19,20). The molecule has 116 valence electrons. The number of rotatable bonds is 4. The predicted octanol–water partition coefficient (Wildman–Crippen LogP) is 2.18. The summed E-state index contributed by atoms with van der Waals surface area (Å²) < 4.78 is 5.33. The summed E-state index contributed by atoms with van der Waals surface area (Å²) in [5.41, 5.74) is 0.810. The summed E-state index contributed by atoms with van der Waals surface area (Å²) in [6, 6.07) is 7.46. The summed E-state index contributed by atoms with van der Waals surface area (Å²) in [7, 11) is 0. The molecule has 1 aromatic heterocycles. The fraction of sp³-hybridized carbons (Fsp3) is 0.357. The number of anilines is 1. The summed E-state index contributed by atoms with van der Waals surface area (Å²) in [4.78, 5) is 12.0. The van der Waals surface area contributed by atoms with Gasteiger partial charge in [-0.05, 0) is 6.07 Å². The Labute approximate surface area is 136 Å². The number of benzene rings is 1. The van der Waals surface area contributed by atoms with Crippen molar-refractivity contribution in [2.24, 2.45) is 0 Å². The predicted molar refractivity (Wildman–Crippen MR) is 86.2 cm³/mol. The zero-order chi connectivity index (χ0) is 15.4. The van der Waals surface area contributed by atoms with E-state index in [4.69, 9.17) is 16.3 Å². The maximum atomic E-state index is 12.0. The molecule has 1 atom stereocenters. The molecular formula is C14H15ClN4O2S. The topological polar surface area (TPSA) is 76.1 Å². The van der Waals surface area contributed by atoms with Crippen LogP contribution in [0.1, 0.15) is 6.42 Å². The largest absolute Gasteiger partial charge is 0.378 e. The molecule has 0 spiro atoms. The van der Waals surface area contributed by atoms with Crippen LogP contribution in [0.4, 0.5) is 5.13 Å². The normalized spacial score (nSPS) is 18.1. The maximum absolute atomic E-state index is 12.0. The Morgan fingerprint density at radius 3 is 3.09 bits per heavy atom. The second-order valence-corrected chi connectivity index (χ2v) is 6.26. The first kappa shape index (κ1) is 15.4. The van der Waals surface area contributed by atoms with E-state index in [0.717, 1.165) is 12.1 Å². The number of carbonyl (C=O) groups is 1. The molecule has 0 saturated carbocycles. The van der Waals surface area contributed by atoms with Crippen molar-refractivity contribution >= 4 is 34.0 Å². The lowest BCUT2D eigenvalue weighted by molar-refractivity contribution is -0.117. The van der Waals surface area contributed by atoms with Gasteiger partial charge >= 0.3 is 0 Å². The molecule has 0 aliphatic carbocycles. The number of nitrogens with one attached hydrogen (secondary N) is 2. The number of hydrogen-bond donors (Lipinski definition) is 2. The monoisotopic (exact) mass is 338 g/mol. The molecule has 6 nitrogen and oxygen atoms in total. The van der Waals surface area contributed by atoms with Crippen LogP contribution >= 0.6 is 22.9 Å². The van der Waals surface area contributed by atoms with Gasteiger partial charge < -0.3 is 15.4 Å². The van der Waals surface area contributed by atoms with Crippen LogP contribution in [-0.2, 0) is 9.53 Å². The van der Waals surface area contributed by atoms with Crippen molar-refractivity contribution in [1.29, 1.82) is 0 Å². The highest BCUT2D eigenvalue weighted by molar-refractivity contribution is 7.18. The minimum Gasteiger partial charge on any atom is -0.378 e. The molecule has 22 heavy (non-hydrogen) atoms. The average molecular weight is 339 g/mol. The highest BCUT2D eigenvalue weighted by Crippen LogP contribution is 2.31. The molecule has 2 N–H and O–H groups in total. The molecule has 1 amide bonds. The zero-order valence-electron chi connectivity index (χ0n) is 11.7. The molecule has 1 aromatic carbocycles. The molecule has 3 rings (SSSR count). The number of morpholine rings is 1. The highest BCUT2D eigenvalue weighted by atomic mass is 35.5. The van der Waals surface area contributed by atoms with Crippen LogP contribution in [0.2, 0.25) is 5.02 Å². The average Bonchev–Trinajstić information content (AvgIpc) is 2.97. The Balaban J connectivity index is 1.62. The van der Waals surface area contributed by atoms with Crippen molar-refractivity contribution < 1.29 is 9.53 Å². The van der Waals surface area contributed by atoms with Gasteiger partial charge in [-0.1, -0.05) is 41.1 Å². The Bertz CT molecular complexity index is 658. The van der Waals surface area contributed by atoms with Gasteiger partial charge in [-0.25, -0.2) is 0 Å². The van der Waals surface area contributed by atoms with E-state index in [2.05, 4.69) is 20.8 Å². The van der Waals surface area contributed by atoms with Crippen molar-refractivity contribution in [3.8, 4) is 10.6 Å². The van der Waals surface area contributed by atoms with Gasteiger partial charge in [0.05, 0.1) is 18.2 Å². The van der Waals surface area contributed by atoms with Crippen LogP contribution in [0, 0.1) is 0 Å². The van der Waals surface area contributed by atoms with Gasteiger partial charge in [-0.3, -0.25) is 4.79 Å². The third-order valence-electron chi connectivity index (χ3n) is 3.21. The molecule has 1 aliphatic rings. The zero-order valence-corrected chi connectivity index (χ0v) is 13.3. The fourth-order valence-corrected chi connectivity index (χ4v) is 3.24. The second kappa shape index (κ2) is 7.15. The summed E-state index contributed by atoms with van der Waals surface area (Å²) in [6.07, 6.45) is 0.348. The number of ether oxygens (including phenoxy) is 1. The van der Waals surface area contributed by atoms with Gasteiger partial charge in [0.2, 0.25) is 11.0 Å². The molecule has 1 saturated heterocycles. The quantitative estimate of drug-likeness (QED) is 0.893. The number of nitrogens with zero attached hydrogens (tertiary/aromatic N) is 2. The summed E-state index contributed by atoms with van der Waals surface area (Å²) in [5.74, 6) is -0.107. The van der Waals surface area contributed by atoms with Crippen molar-refractivity contribution in [3.05, 3.63) is 29.3 Å². The minimum absolute atomic E-state index is 0.0460. The molecule has 0 bridgehead atoms. The van der Waals surface area contributed by atoms with Gasteiger partial charge in [0.15, 0.2) is 5.01 Å². The fourth-order valence-electron chi connectivity index (χ4n) is 2.16. The molecular weight excluding hydrogens is 324 g/mol. The van der Waals surface area contributed by atoms with Crippen LogP contribution in [0.15, 0.2) is 24.3 Å². The molecule has 0 radical (unpaired) electrons. The first-order valence-electron chi connectivity index (χ1n) is 6.92. The maximum Gasteiger partial charge on any atom is 0.227 e. The van der Waals surface area contributed by atoms with Gasteiger partial charge in [-0.15, -0.1) is 10.2 Å². The molecule has 1 unspecified atom stereocenters. The smallest absolute Gasteiger partial charge is 0.227 e. The number of amides is 1. The lowest BCUT2D eigenvalue weighted by atomic mass is 10.2. The van der Waals surface area contributed by atoms with Gasteiger partial charge in [0, 0.05) is 24.6 Å². The van der Waals surface area contributed by atoms with Gasteiger partial charge in [0.1, 0.15) is 0 Å². The first-order chi connectivity index (χ1) is 10.7. The van der Waals surface area contributed by atoms with E-state index < -0.39 is 0 Å². The van der Waals surface area contributed by atoms with Crippen LogP contribution in [-0.4, -0.2) is 41.9 Å². The Kier molecular flexibility index (Phi) is 4.99. The third kappa shape index (κ3) is 3.80. The third-order valence-corrected chi connectivity index (χ3v) is 4.41. The summed E-state index contributed by atoms with van der Waals surface area (Å²) in [6.45, 7) is 2.01. The van der Waals surface area contributed by atoms with Crippen molar-refractivity contribution in [3.63, 3.8) is 0 Å². The van der Waals surface area contributed by atoms with Gasteiger partial charge in [-0.2, -0.15) is 0 Å². The Hall–Kier alpha value is -1.54. The Morgan fingerprint density at radius 1 is 1.45 bits per heavy atom. The summed E-state index contributed by atoms with van der Waals surface area (Å²) >= 11 is 7.43. The summed E-state index contributed by atoms with van der Waals surface area (Å²) in [5, 5.41) is 15.8. The molecule has 8 heteroatoms. The van der Waals surface area contributed by atoms with Gasteiger partial charge in [0.25, 0.3) is 0 Å². The Morgan fingerprint density at radius 2 is 2.32 bits per heavy atom. The molecule has 1 fully saturated rings. The van der Waals surface area contributed by atoms with E-state index in [1.54, 1.807) is 6.07 Å². The number of halogens is 1. The van der Waals surface area contributed by atoms with Crippen LogP contribution in [0.3, 0.4) is 0 Å². The molecule has 1 aliphatic heterocycles. The van der Waals surface area contributed by atoms with Crippen molar-refractivity contribution in [2.75, 3.05) is 25.1 Å². The van der Waals surface area contributed by atoms with E-state index >= 15 is 0 Å². The van der Waals surface area contributed by atoms with Crippen molar-refractivity contribution in [2.45, 2.75) is 12.5 Å². The van der Waals surface area contributed by atoms with E-state index in [9.17, 15) is 4.79 Å². The highest BCUT2D eigenvalue weighted by Gasteiger charge is 2.18. The van der Waals surface area contributed by atoms with Crippen LogP contribution in [0.25, 0.3) is 10.6 Å². The molecule has 2 heterocycles. The van der Waals surface area contributed by atoms with Crippen LogP contribution < -0.4 is 10.6 Å². The number of hydrogen-bond acceptors (Lipinski definition) is 6. The number of aromatic nitrogens is 2. The SMILES string of the molecule is O=C(CC1COCCN1)Nc1nnc(-c2ccccc2Cl)s1. The second-order valence-electron chi connectivity index (χ2n) is 4.87.